The number of methoxy groups -OCH3 is 1. The van der Waals surface area contributed by atoms with Crippen molar-refractivity contribution in [2.75, 3.05) is 19.5 Å². The first-order valence-electron chi connectivity index (χ1n) is 6.39. The fourth-order valence-corrected chi connectivity index (χ4v) is 1.86. The lowest BCUT2D eigenvalue weighted by molar-refractivity contribution is 0.378. The number of anilines is 1. The van der Waals surface area contributed by atoms with Gasteiger partial charge in [-0.3, -0.25) is 0 Å². The minimum absolute atomic E-state index is 0.730. The molecule has 0 saturated carbocycles. The number of ether oxygens (including phenoxy) is 2. The second-order valence-electron chi connectivity index (χ2n) is 4.22. The van der Waals surface area contributed by atoms with E-state index in [0.717, 1.165) is 29.4 Å². The summed E-state index contributed by atoms with van der Waals surface area (Å²) in [6.45, 7) is 2.12. The summed E-state index contributed by atoms with van der Waals surface area (Å²) in [7, 11) is 3.54. The van der Waals surface area contributed by atoms with Crippen LogP contribution in [0.5, 0.6) is 17.2 Å². The number of benzene rings is 2. The molecule has 0 radical (unpaired) electrons. The number of rotatable bonds is 5. The van der Waals surface area contributed by atoms with E-state index in [-0.39, 0.29) is 0 Å². The number of hydrogen-bond donors (Lipinski definition) is 1. The molecule has 2 rings (SSSR count). The summed E-state index contributed by atoms with van der Waals surface area (Å²) in [4.78, 5) is 0. The molecule has 0 amide bonds. The molecule has 100 valence electrons. The Hall–Kier alpha value is -2.16. The third kappa shape index (κ3) is 3.19. The fourth-order valence-electron chi connectivity index (χ4n) is 1.86. The highest BCUT2D eigenvalue weighted by molar-refractivity contribution is 5.50. The molecule has 0 aliphatic rings. The van der Waals surface area contributed by atoms with Crippen LogP contribution in [0.1, 0.15) is 12.5 Å². The van der Waals surface area contributed by atoms with Gasteiger partial charge in [0.1, 0.15) is 5.75 Å². The van der Waals surface area contributed by atoms with Crippen LogP contribution in [-0.4, -0.2) is 14.2 Å². The Morgan fingerprint density at radius 2 is 1.89 bits per heavy atom. The van der Waals surface area contributed by atoms with E-state index >= 15 is 0 Å². The van der Waals surface area contributed by atoms with E-state index in [1.165, 1.54) is 5.56 Å². The summed E-state index contributed by atoms with van der Waals surface area (Å²) >= 11 is 0. The Morgan fingerprint density at radius 1 is 1.05 bits per heavy atom. The van der Waals surface area contributed by atoms with Gasteiger partial charge in [0.25, 0.3) is 0 Å². The second-order valence-corrected chi connectivity index (χ2v) is 4.22. The minimum Gasteiger partial charge on any atom is -0.493 e. The number of aryl methyl sites for hydroxylation is 1. The SMILES string of the molecule is CCc1ccc(Oc2cccc(NC)c2)c(OC)c1. The Labute approximate surface area is 114 Å². The van der Waals surface area contributed by atoms with E-state index in [1.807, 2.05) is 43.4 Å². The molecule has 0 aliphatic carbocycles. The molecule has 19 heavy (non-hydrogen) atoms. The smallest absolute Gasteiger partial charge is 0.169 e. The van der Waals surface area contributed by atoms with E-state index in [1.54, 1.807) is 7.11 Å². The Bertz CT molecular complexity index is 552. The standard InChI is InChI=1S/C16H19NO2/c1-4-12-8-9-15(16(10-12)18-3)19-14-7-5-6-13(11-14)17-2/h5-11,17H,4H2,1-3H3. The Balaban J connectivity index is 2.26. The van der Waals surface area contributed by atoms with Gasteiger partial charge in [0.15, 0.2) is 11.5 Å². The van der Waals surface area contributed by atoms with Crippen molar-refractivity contribution in [2.45, 2.75) is 13.3 Å². The minimum atomic E-state index is 0.730. The quantitative estimate of drug-likeness (QED) is 0.875. The first-order valence-corrected chi connectivity index (χ1v) is 6.39. The van der Waals surface area contributed by atoms with Gasteiger partial charge < -0.3 is 14.8 Å². The van der Waals surface area contributed by atoms with Crippen LogP contribution >= 0.6 is 0 Å². The zero-order chi connectivity index (χ0) is 13.7. The number of nitrogens with one attached hydrogen (secondary N) is 1. The second kappa shape index (κ2) is 6.14. The molecular formula is C16H19NO2. The topological polar surface area (TPSA) is 30.5 Å². The van der Waals surface area contributed by atoms with Gasteiger partial charge in [-0.25, -0.2) is 0 Å². The van der Waals surface area contributed by atoms with Crippen molar-refractivity contribution in [2.24, 2.45) is 0 Å². The van der Waals surface area contributed by atoms with Gasteiger partial charge in [0.05, 0.1) is 7.11 Å². The van der Waals surface area contributed by atoms with E-state index in [9.17, 15) is 0 Å². The third-order valence-electron chi connectivity index (χ3n) is 2.99. The molecular weight excluding hydrogens is 238 g/mol. The molecule has 0 spiro atoms. The first-order chi connectivity index (χ1) is 9.26. The highest BCUT2D eigenvalue weighted by Crippen LogP contribution is 2.33. The summed E-state index contributed by atoms with van der Waals surface area (Å²) in [5.74, 6) is 2.27. The Kier molecular flexibility index (Phi) is 4.29. The maximum absolute atomic E-state index is 5.88. The summed E-state index contributed by atoms with van der Waals surface area (Å²) in [5, 5.41) is 3.09. The zero-order valence-electron chi connectivity index (χ0n) is 11.6. The van der Waals surface area contributed by atoms with E-state index in [4.69, 9.17) is 9.47 Å². The average molecular weight is 257 g/mol. The van der Waals surface area contributed by atoms with Crippen molar-refractivity contribution in [1.82, 2.24) is 0 Å². The maximum atomic E-state index is 5.88. The molecule has 0 bridgehead atoms. The summed E-state index contributed by atoms with van der Waals surface area (Å²) in [6.07, 6.45) is 0.978. The van der Waals surface area contributed by atoms with Crippen LogP contribution < -0.4 is 14.8 Å². The lowest BCUT2D eigenvalue weighted by Gasteiger charge is -2.12. The highest BCUT2D eigenvalue weighted by Gasteiger charge is 2.06. The van der Waals surface area contributed by atoms with Crippen molar-refractivity contribution in [3.63, 3.8) is 0 Å². The molecule has 0 atom stereocenters. The average Bonchev–Trinajstić information content (AvgIpc) is 2.48. The van der Waals surface area contributed by atoms with Gasteiger partial charge in [-0.05, 0) is 36.2 Å². The summed E-state index contributed by atoms with van der Waals surface area (Å²) < 4.78 is 11.3. The van der Waals surface area contributed by atoms with Crippen molar-refractivity contribution in [1.29, 1.82) is 0 Å². The lowest BCUT2D eigenvalue weighted by atomic mass is 10.1. The molecule has 0 aliphatic heterocycles. The predicted molar refractivity (Wildman–Crippen MR) is 78.4 cm³/mol. The van der Waals surface area contributed by atoms with Crippen LogP contribution in [-0.2, 0) is 6.42 Å². The molecule has 1 N–H and O–H groups in total. The van der Waals surface area contributed by atoms with Crippen LogP contribution in [0.2, 0.25) is 0 Å². The van der Waals surface area contributed by atoms with E-state index in [0.29, 0.717) is 0 Å². The van der Waals surface area contributed by atoms with Gasteiger partial charge in [-0.1, -0.05) is 19.1 Å². The zero-order valence-corrected chi connectivity index (χ0v) is 11.6. The molecule has 2 aromatic rings. The van der Waals surface area contributed by atoms with Crippen molar-refractivity contribution < 1.29 is 9.47 Å². The van der Waals surface area contributed by atoms with Crippen molar-refractivity contribution >= 4 is 5.69 Å². The molecule has 0 saturated heterocycles. The first kappa shape index (κ1) is 13.3. The maximum Gasteiger partial charge on any atom is 0.169 e. The molecule has 0 fully saturated rings. The van der Waals surface area contributed by atoms with Crippen LogP contribution in [0.25, 0.3) is 0 Å². The molecule has 2 aromatic carbocycles. The normalized spacial score (nSPS) is 10.1. The molecule has 3 nitrogen and oxygen atoms in total. The van der Waals surface area contributed by atoms with Crippen molar-refractivity contribution in [3.8, 4) is 17.2 Å². The molecule has 0 aromatic heterocycles. The molecule has 0 heterocycles. The van der Waals surface area contributed by atoms with Gasteiger partial charge in [-0.15, -0.1) is 0 Å². The number of hydrogen-bond acceptors (Lipinski definition) is 3. The van der Waals surface area contributed by atoms with Gasteiger partial charge in [-0.2, -0.15) is 0 Å². The molecule has 3 heteroatoms. The van der Waals surface area contributed by atoms with Crippen LogP contribution in [0.15, 0.2) is 42.5 Å². The fraction of sp³-hybridized carbons (Fsp3) is 0.250. The van der Waals surface area contributed by atoms with Crippen molar-refractivity contribution in [3.05, 3.63) is 48.0 Å². The summed E-state index contributed by atoms with van der Waals surface area (Å²) in [5.41, 5.74) is 2.25. The molecule has 0 unspecified atom stereocenters. The monoisotopic (exact) mass is 257 g/mol. The van der Waals surface area contributed by atoms with Gasteiger partial charge in [0.2, 0.25) is 0 Å². The third-order valence-corrected chi connectivity index (χ3v) is 2.99. The summed E-state index contributed by atoms with van der Waals surface area (Å²) in [6, 6.07) is 13.8. The van der Waals surface area contributed by atoms with Crippen LogP contribution in [0.3, 0.4) is 0 Å². The van der Waals surface area contributed by atoms with Gasteiger partial charge in [0, 0.05) is 18.8 Å². The largest absolute Gasteiger partial charge is 0.493 e. The lowest BCUT2D eigenvalue weighted by Crippen LogP contribution is -1.93. The van der Waals surface area contributed by atoms with E-state index < -0.39 is 0 Å². The predicted octanol–water partition coefficient (Wildman–Crippen LogP) is 4.09. The highest BCUT2D eigenvalue weighted by atomic mass is 16.5. The van der Waals surface area contributed by atoms with Crippen LogP contribution in [0.4, 0.5) is 5.69 Å². The van der Waals surface area contributed by atoms with Crippen LogP contribution in [0, 0.1) is 0 Å². The van der Waals surface area contributed by atoms with Gasteiger partial charge >= 0.3 is 0 Å². The Morgan fingerprint density at radius 3 is 2.58 bits per heavy atom. The van der Waals surface area contributed by atoms with E-state index in [2.05, 4.69) is 18.3 Å².